The third-order valence-electron chi connectivity index (χ3n) is 2.81. The van der Waals surface area contributed by atoms with Crippen LogP contribution in [-0.4, -0.2) is 36.5 Å². The molecule has 4 nitrogen and oxygen atoms in total. The van der Waals surface area contributed by atoms with Crippen LogP contribution in [0.3, 0.4) is 0 Å². The normalized spacial score (nSPS) is 20.3. The molecule has 0 saturated carbocycles. The van der Waals surface area contributed by atoms with Gasteiger partial charge in [-0.05, 0) is 12.8 Å². The quantitative estimate of drug-likeness (QED) is 0.687. The van der Waals surface area contributed by atoms with Gasteiger partial charge in [-0.1, -0.05) is 19.6 Å². The summed E-state index contributed by atoms with van der Waals surface area (Å²) in [5.74, 6) is 0.233. The summed E-state index contributed by atoms with van der Waals surface area (Å²) in [4.78, 5) is 24.7. The highest BCUT2D eigenvalue weighted by atomic mass is 16.6. The van der Waals surface area contributed by atoms with Crippen LogP contribution in [0.5, 0.6) is 0 Å². The molecule has 16 heavy (non-hydrogen) atoms. The van der Waals surface area contributed by atoms with Gasteiger partial charge >= 0.3 is 6.09 Å². The second-order valence-corrected chi connectivity index (χ2v) is 3.97. The van der Waals surface area contributed by atoms with Crippen molar-refractivity contribution in [2.45, 2.75) is 26.2 Å². The van der Waals surface area contributed by atoms with Crippen LogP contribution in [0.2, 0.25) is 0 Å². The summed E-state index contributed by atoms with van der Waals surface area (Å²) in [5, 5.41) is 0. The number of hydrogen-bond donors (Lipinski definition) is 0. The van der Waals surface area contributed by atoms with E-state index in [2.05, 4.69) is 6.58 Å². The van der Waals surface area contributed by atoms with Crippen molar-refractivity contribution in [2.75, 3.05) is 19.7 Å². The second-order valence-electron chi connectivity index (χ2n) is 3.97. The third-order valence-corrected chi connectivity index (χ3v) is 2.81. The number of piperidine rings is 1. The maximum atomic E-state index is 11.6. The van der Waals surface area contributed by atoms with E-state index in [0.29, 0.717) is 19.5 Å². The summed E-state index contributed by atoms with van der Waals surface area (Å²) in [5.41, 5.74) is 0. The largest absolute Gasteiger partial charge is 0.445 e. The molecular weight excluding hydrogens is 206 g/mol. The van der Waals surface area contributed by atoms with E-state index in [1.165, 1.54) is 6.08 Å². The molecule has 4 heteroatoms. The lowest BCUT2D eigenvalue weighted by atomic mass is 9.93. The summed E-state index contributed by atoms with van der Waals surface area (Å²) < 4.78 is 4.95. The smallest absolute Gasteiger partial charge is 0.410 e. The third kappa shape index (κ3) is 3.36. The van der Waals surface area contributed by atoms with E-state index in [0.717, 1.165) is 12.8 Å². The first-order chi connectivity index (χ1) is 7.69. The van der Waals surface area contributed by atoms with Gasteiger partial charge in [0.25, 0.3) is 0 Å². The highest BCUT2D eigenvalue weighted by molar-refractivity contribution is 5.81. The first kappa shape index (κ1) is 12.7. The minimum Gasteiger partial charge on any atom is -0.445 e. The van der Waals surface area contributed by atoms with Gasteiger partial charge in [0.05, 0.1) is 0 Å². The molecule has 1 fully saturated rings. The maximum absolute atomic E-state index is 11.6. The molecule has 90 valence electrons. The van der Waals surface area contributed by atoms with Crippen LogP contribution in [0.4, 0.5) is 4.79 Å². The fourth-order valence-electron chi connectivity index (χ4n) is 1.92. The van der Waals surface area contributed by atoms with Gasteiger partial charge in [-0.2, -0.15) is 0 Å². The highest BCUT2D eigenvalue weighted by Gasteiger charge is 2.27. The number of amides is 1. The Balaban J connectivity index is 2.46. The van der Waals surface area contributed by atoms with Gasteiger partial charge in [0.1, 0.15) is 12.4 Å². The molecule has 1 amide bonds. The van der Waals surface area contributed by atoms with Crippen LogP contribution in [-0.2, 0) is 9.53 Å². The number of hydrogen-bond acceptors (Lipinski definition) is 3. The van der Waals surface area contributed by atoms with Gasteiger partial charge < -0.3 is 9.64 Å². The van der Waals surface area contributed by atoms with Gasteiger partial charge in [0, 0.05) is 25.4 Å². The monoisotopic (exact) mass is 225 g/mol. The van der Waals surface area contributed by atoms with Crippen LogP contribution in [0.1, 0.15) is 26.2 Å². The van der Waals surface area contributed by atoms with E-state index >= 15 is 0 Å². The lowest BCUT2D eigenvalue weighted by molar-refractivity contribution is -0.123. The van der Waals surface area contributed by atoms with Crippen molar-refractivity contribution < 1.29 is 14.3 Å². The average molecular weight is 225 g/mol. The number of Topliss-reactive ketones (excluding diaryl/α,β-unsaturated/α-hetero) is 1. The molecule has 0 radical (unpaired) electrons. The Morgan fingerprint density at radius 2 is 2.31 bits per heavy atom. The Bertz CT molecular complexity index is 275. The fourth-order valence-corrected chi connectivity index (χ4v) is 1.92. The second kappa shape index (κ2) is 6.30. The molecule has 0 spiro atoms. The predicted octanol–water partition coefficient (Wildman–Crippen LogP) is 2.00. The molecule has 1 heterocycles. The summed E-state index contributed by atoms with van der Waals surface area (Å²) in [6, 6.07) is 0. The zero-order chi connectivity index (χ0) is 12.0. The molecule has 1 aliphatic heterocycles. The first-order valence-corrected chi connectivity index (χ1v) is 5.74. The van der Waals surface area contributed by atoms with Crippen LogP contribution in [0.15, 0.2) is 12.7 Å². The predicted molar refractivity (Wildman–Crippen MR) is 61.1 cm³/mol. The van der Waals surface area contributed by atoms with Crippen LogP contribution in [0.25, 0.3) is 0 Å². The Morgan fingerprint density at radius 3 is 2.94 bits per heavy atom. The molecule has 0 N–H and O–H groups in total. The molecule has 1 unspecified atom stereocenters. The van der Waals surface area contributed by atoms with Crippen molar-refractivity contribution in [3.8, 4) is 0 Å². The van der Waals surface area contributed by atoms with E-state index in [1.807, 2.05) is 6.92 Å². The van der Waals surface area contributed by atoms with Crippen molar-refractivity contribution >= 4 is 11.9 Å². The summed E-state index contributed by atoms with van der Waals surface area (Å²) in [7, 11) is 0. The molecule has 0 bridgehead atoms. The van der Waals surface area contributed by atoms with Crippen LogP contribution in [0, 0.1) is 5.92 Å². The molecule has 0 aromatic rings. The van der Waals surface area contributed by atoms with Crippen molar-refractivity contribution in [3.05, 3.63) is 12.7 Å². The number of carbonyl (C=O) groups excluding carboxylic acids is 2. The minimum absolute atomic E-state index is 0.00460. The number of ketones is 1. The first-order valence-electron chi connectivity index (χ1n) is 5.74. The molecule has 1 atom stereocenters. The van der Waals surface area contributed by atoms with Crippen molar-refractivity contribution in [3.63, 3.8) is 0 Å². The van der Waals surface area contributed by atoms with Crippen molar-refractivity contribution in [2.24, 2.45) is 5.92 Å². The summed E-state index contributed by atoms with van der Waals surface area (Å²) in [6.07, 6.45) is 3.50. The number of carbonyl (C=O) groups is 2. The molecule has 0 aromatic heterocycles. The molecule has 0 aliphatic carbocycles. The highest BCUT2D eigenvalue weighted by Crippen LogP contribution is 2.19. The number of ether oxygens (including phenoxy) is 1. The van der Waals surface area contributed by atoms with Crippen molar-refractivity contribution in [1.29, 1.82) is 0 Å². The SMILES string of the molecule is C=CCOC(=O)N1CCCC(C(=O)CC)C1. The summed E-state index contributed by atoms with van der Waals surface area (Å²) >= 11 is 0. The molecule has 1 rings (SSSR count). The van der Waals surface area contributed by atoms with Crippen molar-refractivity contribution in [1.82, 2.24) is 4.90 Å². The Labute approximate surface area is 96.3 Å². The topological polar surface area (TPSA) is 46.6 Å². The summed E-state index contributed by atoms with van der Waals surface area (Å²) in [6.45, 7) is 6.75. The van der Waals surface area contributed by atoms with Gasteiger partial charge in [0.2, 0.25) is 0 Å². The standard InChI is InChI=1S/C12H19NO3/c1-3-8-16-12(15)13-7-5-6-10(9-13)11(14)4-2/h3,10H,1,4-9H2,2H3. The Morgan fingerprint density at radius 1 is 1.56 bits per heavy atom. The van der Waals surface area contributed by atoms with E-state index in [1.54, 1.807) is 4.90 Å². The van der Waals surface area contributed by atoms with Crippen LogP contribution >= 0.6 is 0 Å². The van der Waals surface area contributed by atoms with E-state index < -0.39 is 0 Å². The van der Waals surface area contributed by atoms with Gasteiger partial charge in [-0.3, -0.25) is 4.79 Å². The number of nitrogens with zero attached hydrogens (tertiary/aromatic N) is 1. The lowest BCUT2D eigenvalue weighted by Gasteiger charge is -2.31. The van der Waals surface area contributed by atoms with E-state index in [-0.39, 0.29) is 24.4 Å². The Hall–Kier alpha value is -1.32. The fraction of sp³-hybridized carbons (Fsp3) is 0.667. The van der Waals surface area contributed by atoms with Crippen LogP contribution < -0.4 is 0 Å². The molecular formula is C12H19NO3. The average Bonchev–Trinajstić information content (AvgIpc) is 2.35. The minimum atomic E-state index is -0.339. The molecule has 0 aromatic carbocycles. The van der Waals surface area contributed by atoms with E-state index in [4.69, 9.17) is 4.74 Å². The van der Waals surface area contributed by atoms with E-state index in [9.17, 15) is 9.59 Å². The lowest BCUT2D eigenvalue weighted by Crippen LogP contribution is -2.42. The Kier molecular flexibility index (Phi) is 5.02. The number of likely N-dealkylation sites (tertiary alicyclic amines) is 1. The zero-order valence-electron chi connectivity index (χ0n) is 9.78. The molecule has 1 aliphatic rings. The maximum Gasteiger partial charge on any atom is 0.410 e. The number of rotatable bonds is 4. The zero-order valence-corrected chi connectivity index (χ0v) is 9.78. The van der Waals surface area contributed by atoms with Gasteiger partial charge in [0.15, 0.2) is 0 Å². The van der Waals surface area contributed by atoms with Gasteiger partial charge in [-0.15, -0.1) is 0 Å². The van der Waals surface area contributed by atoms with Gasteiger partial charge in [-0.25, -0.2) is 4.79 Å². The molecule has 1 saturated heterocycles.